The number of carbonyl (C=O) groups excluding carboxylic acids is 1. The molecule has 0 radical (unpaired) electrons. The van der Waals surface area contributed by atoms with Crippen LogP contribution in [0.2, 0.25) is 0 Å². The lowest BCUT2D eigenvalue weighted by atomic mass is 10.3. The minimum Gasteiger partial charge on any atom is -0.372 e. The fraction of sp³-hybridized carbons (Fsp3) is 0.727. The minimum absolute atomic E-state index is 0.0832. The molecule has 0 aliphatic heterocycles. The average molecular weight is 255 g/mol. The molecule has 0 aromatic carbocycles. The molecule has 3 N–H and O–H groups in total. The predicted octanol–water partition coefficient (Wildman–Crippen LogP) is -0.520. The zero-order chi connectivity index (χ0) is 13.1. The van der Waals surface area contributed by atoms with E-state index in [0.717, 1.165) is 38.2 Å². The van der Waals surface area contributed by atoms with Crippen molar-refractivity contribution in [1.82, 2.24) is 25.8 Å². The Labute approximate surface area is 107 Å². The summed E-state index contributed by atoms with van der Waals surface area (Å²) in [7, 11) is 1.60. The molecule has 1 heterocycles. The van der Waals surface area contributed by atoms with E-state index in [4.69, 9.17) is 4.74 Å². The lowest BCUT2D eigenvalue weighted by molar-refractivity contribution is -0.125. The van der Waals surface area contributed by atoms with Gasteiger partial charge in [-0.2, -0.15) is 5.10 Å². The van der Waals surface area contributed by atoms with Crippen molar-refractivity contribution in [2.24, 2.45) is 0 Å². The summed E-state index contributed by atoms with van der Waals surface area (Å²) in [5.41, 5.74) is 0. The van der Waals surface area contributed by atoms with Gasteiger partial charge in [0.1, 0.15) is 18.8 Å². The molecule has 102 valence electrons. The first kappa shape index (κ1) is 14.6. The Morgan fingerprint density at radius 1 is 1.44 bits per heavy atom. The Morgan fingerprint density at radius 3 is 3.06 bits per heavy atom. The molecular weight excluding hydrogens is 234 g/mol. The number of amides is 1. The lowest BCUT2D eigenvalue weighted by Crippen LogP contribution is -2.23. The van der Waals surface area contributed by atoms with Crippen LogP contribution in [-0.4, -0.2) is 54.4 Å². The first-order valence-electron chi connectivity index (χ1n) is 6.16. The maximum absolute atomic E-state index is 10.8. The second-order valence-electron chi connectivity index (χ2n) is 3.87. The number of unbranched alkanes of at least 4 members (excludes halogenated alkanes) is 1. The van der Waals surface area contributed by atoms with E-state index in [2.05, 4.69) is 25.8 Å². The summed E-state index contributed by atoms with van der Waals surface area (Å²) in [6.07, 6.45) is 4.35. The number of carbonyl (C=O) groups is 1. The summed E-state index contributed by atoms with van der Waals surface area (Å²) < 4.78 is 5.19. The highest BCUT2D eigenvalue weighted by Gasteiger charge is 1.97. The van der Waals surface area contributed by atoms with Crippen molar-refractivity contribution >= 4 is 5.91 Å². The number of aromatic amines is 1. The second kappa shape index (κ2) is 9.55. The van der Waals surface area contributed by atoms with Gasteiger partial charge in [-0.05, 0) is 19.4 Å². The third-order valence-electron chi connectivity index (χ3n) is 2.41. The minimum atomic E-state index is -0.0832. The number of rotatable bonds is 10. The van der Waals surface area contributed by atoms with Crippen molar-refractivity contribution in [3.8, 4) is 0 Å². The Morgan fingerprint density at radius 2 is 2.33 bits per heavy atom. The van der Waals surface area contributed by atoms with Crippen molar-refractivity contribution in [3.63, 3.8) is 0 Å². The molecule has 7 nitrogen and oxygen atoms in total. The van der Waals surface area contributed by atoms with E-state index >= 15 is 0 Å². The van der Waals surface area contributed by atoms with Gasteiger partial charge in [0.15, 0.2) is 0 Å². The van der Waals surface area contributed by atoms with Crippen LogP contribution >= 0.6 is 0 Å². The number of hydrogen-bond acceptors (Lipinski definition) is 5. The largest absolute Gasteiger partial charge is 0.372 e. The molecule has 18 heavy (non-hydrogen) atoms. The van der Waals surface area contributed by atoms with Crippen LogP contribution in [-0.2, 0) is 16.0 Å². The summed E-state index contributed by atoms with van der Waals surface area (Å²) in [5, 5.41) is 12.4. The fourth-order valence-corrected chi connectivity index (χ4v) is 1.37. The van der Waals surface area contributed by atoms with Gasteiger partial charge in [-0.25, -0.2) is 4.98 Å². The zero-order valence-electron chi connectivity index (χ0n) is 10.7. The topological polar surface area (TPSA) is 91.9 Å². The van der Waals surface area contributed by atoms with Gasteiger partial charge in [0.2, 0.25) is 5.91 Å². The molecule has 0 atom stereocenters. The molecule has 1 aromatic heterocycles. The van der Waals surface area contributed by atoms with Crippen molar-refractivity contribution in [1.29, 1.82) is 0 Å². The van der Waals surface area contributed by atoms with Gasteiger partial charge >= 0.3 is 0 Å². The van der Waals surface area contributed by atoms with Gasteiger partial charge in [0.25, 0.3) is 0 Å². The SMILES string of the molecule is CNC(=O)COCCCCNCCc1ncn[nH]1. The molecule has 0 aliphatic carbocycles. The standard InChI is InChI=1S/C11H21N5O2/c1-12-11(17)8-18-7-3-2-5-13-6-4-10-14-9-15-16-10/h9,13H,2-8H2,1H3,(H,12,17)(H,14,15,16). The molecule has 1 aromatic rings. The van der Waals surface area contributed by atoms with Crippen LogP contribution < -0.4 is 10.6 Å². The highest BCUT2D eigenvalue weighted by molar-refractivity contribution is 5.76. The number of nitrogens with one attached hydrogen (secondary N) is 3. The Bertz CT molecular complexity index is 315. The van der Waals surface area contributed by atoms with E-state index in [-0.39, 0.29) is 12.5 Å². The number of H-pyrrole nitrogens is 1. The molecule has 0 saturated heterocycles. The summed E-state index contributed by atoms with van der Waals surface area (Å²) in [6.45, 7) is 2.60. The normalized spacial score (nSPS) is 10.5. The Hall–Kier alpha value is -1.47. The van der Waals surface area contributed by atoms with Crippen LogP contribution in [0, 0.1) is 0 Å². The van der Waals surface area contributed by atoms with E-state index in [0.29, 0.717) is 6.61 Å². The van der Waals surface area contributed by atoms with Crippen molar-refractivity contribution < 1.29 is 9.53 Å². The van der Waals surface area contributed by atoms with Crippen LogP contribution in [0.4, 0.5) is 0 Å². The quantitative estimate of drug-likeness (QED) is 0.489. The average Bonchev–Trinajstić information content (AvgIpc) is 2.89. The highest BCUT2D eigenvalue weighted by atomic mass is 16.5. The molecule has 0 fully saturated rings. The molecular formula is C11H21N5O2. The molecule has 7 heteroatoms. The molecule has 0 spiro atoms. The molecule has 0 saturated carbocycles. The van der Waals surface area contributed by atoms with E-state index in [1.807, 2.05) is 0 Å². The number of hydrogen-bond donors (Lipinski definition) is 3. The van der Waals surface area contributed by atoms with Gasteiger partial charge in [0.05, 0.1) is 0 Å². The van der Waals surface area contributed by atoms with Gasteiger partial charge in [-0.3, -0.25) is 9.89 Å². The zero-order valence-corrected chi connectivity index (χ0v) is 10.7. The fourth-order valence-electron chi connectivity index (χ4n) is 1.37. The molecule has 0 bridgehead atoms. The van der Waals surface area contributed by atoms with E-state index < -0.39 is 0 Å². The number of likely N-dealkylation sites (N-methyl/N-ethyl adjacent to an activating group) is 1. The van der Waals surface area contributed by atoms with Gasteiger partial charge in [-0.15, -0.1) is 0 Å². The van der Waals surface area contributed by atoms with Gasteiger partial charge in [-0.1, -0.05) is 0 Å². The predicted molar refractivity (Wildman–Crippen MR) is 67.1 cm³/mol. The molecule has 0 unspecified atom stereocenters. The van der Waals surface area contributed by atoms with E-state index in [1.165, 1.54) is 6.33 Å². The van der Waals surface area contributed by atoms with Crippen LogP contribution in [0.3, 0.4) is 0 Å². The summed E-state index contributed by atoms with van der Waals surface area (Å²) in [5.74, 6) is 0.816. The van der Waals surface area contributed by atoms with Crippen LogP contribution in [0.25, 0.3) is 0 Å². The maximum Gasteiger partial charge on any atom is 0.245 e. The lowest BCUT2D eigenvalue weighted by Gasteiger charge is -2.04. The summed E-state index contributed by atoms with van der Waals surface area (Å²) in [6, 6.07) is 0. The third kappa shape index (κ3) is 6.97. The number of nitrogens with zero attached hydrogens (tertiary/aromatic N) is 2. The van der Waals surface area contributed by atoms with Crippen molar-refractivity contribution in [2.45, 2.75) is 19.3 Å². The molecule has 1 amide bonds. The van der Waals surface area contributed by atoms with Crippen LogP contribution in [0.15, 0.2) is 6.33 Å². The second-order valence-corrected chi connectivity index (χ2v) is 3.87. The van der Waals surface area contributed by atoms with Crippen molar-refractivity contribution in [2.75, 3.05) is 33.4 Å². The first-order chi connectivity index (χ1) is 8.83. The summed E-state index contributed by atoms with van der Waals surface area (Å²) >= 11 is 0. The van der Waals surface area contributed by atoms with Gasteiger partial charge in [0, 0.05) is 26.6 Å². The first-order valence-corrected chi connectivity index (χ1v) is 6.16. The van der Waals surface area contributed by atoms with Gasteiger partial charge < -0.3 is 15.4 Å². The van der Waals surface area contributed by atoms with Crippen LogP contribution in [0.5, 0.6) is 0 Å². The highest BCUT2D eigenvalue weighted by Crippen LogP contribution is 1.90. The monoisotopic (exact) mass is 255 g/mol. The summed E-state index contributed by atoms with van der Waals surface area (Å²) in [4.78, 5) is 14.9. The molecule has 0 aliphatic rings. The number of aromatic nitrogens is 3. The maximum atomic E-state index is 10.8. The van der Waals surface area contributed by atoms with Crippen LogP contribution in [0.1, 0.15) is 18.7 Å². The van der Waals surface area contributed by atoms with E-state index in [9.17, 15) is 4.79 Å². The molecule has 1 rings (SSSR count). The third-order valence-corrected chi connectivity index (χ3v) is 2.41. The Kier molecular flexibility index (Phi) is 7.74. The smallest absolute Gasteiger partial charge is 0.245 e. The van der Waals surface area contributed by atoms with Crippen molar-refractivity contribution in [3.05, 3.63) is 12.2 Å². The Balaban J connectivity index is 1.80. The number of ether oxygens (including phenoxy) is 1. The van der Waals surface area contributed by atoms with E-state index in [1.54, 1.807) is 7.05 Å².